The molecule has 0 amide bonds. The van der Waals surface area contributed by atoms with E-state index in [0.29, 0.717) is 0 Å². The lowest BCUT2D eigenvalue weighted by Crippen LogP contribution is -2.31. The van der Waals surface area contributed by atoms with E-state index in [2.05, 4.69) is 47.2 Å². The highest BCUT2D eigenvalue weighted by atomic mass is 15.0. The van der Waals surface area contributed by atoms with Crippen molar-refractivity contribution in [3.05, 3.63) is 66.6 Å². The van der Waals surface area contributed by atoms with Crippen molar-refractivity contribution in [2.24, 2.45) is 7.05 Å². The van der Waals surface area contributed by atoms with Gasteiger partial charge < -0.3 is 0 Å². The van der Waals surface area contributed by atoms with Crippen LogP contribution in [0, 0.1) is 6.92 Å². The van der Waals surface area contributed by atoms with Crippen LogP contribution >= 0.6 is 0 Å². The van der Waals surface area contributed by atoms with Gasteiger partial charge in [-0.15, -0.1) is 0 Å². The maximum Gasteiger partial charge on any atom is 0.330 e. The summed E-state index contributed by atoms with van der Waals surface area (Å²) in [7, 11) is 2.02. The quantitative estimate of drug-likeness (QED) is 0.395. The van der Waals surface area contributed by atoms with Gasteiger partial charge in [0, 0.05) is 23.0 Å². The van der Waals surface area contributed by atoms with Crippen molar-refractivity contribution in [3.8, 4) is 11.4 Å². The van der Waals surface area contributed by atoms with Gasteiger partial charge in [0.15, 0.2) is 0 Å². The van der Waals surface area contributed by atoms with E-state index >= 15 is 0 Å². The molecule has 22 heavy (non-hydrogen) atoms. The van der Waals surface area contributed by atoms with E-state index < -0.39 is 0 Å². The molecule has 0 aliphatic carbocycles. The molecule has 4 rings (SSSR count). The van der Waals surface area contributed by atoms with E-state index in [1.165, 1.54) is 16.3 Å². The SMILES string of the molecule is Cc1cc2ncc3ccccc3c2cc1-c1nccc[n+]1C. The van der Waals surface area contributed by atoms with Crippen LogP contribution in [0.2, 0.25) is 0 Å². The number of aromatic nitrogens is 3. The highest BCUT2D eigenvalue weighted by Gasteiger charge is 2.16. The summed E-state index contributed by atoms with van der Waals surface area (Å²) >= 11 is 0. The fourth-order valence-electron chi connectivity index (χ4n) is 2.95. The van der Waals surface area contributed by atoms with Crippen molar-refractivity contribution >= 4 is 21.7 Å². The largest absolute Gasteiger partial charge is 0.330 e. The third-order valence-electron chi connectivity index (χ3n) is 4.10. The van der Waals surface area contributed by atoms with E-state index in [1.54, 1.807) is 0 Å². The standard InChI is InChI=1S/C19H16N3/c1-13-10-18-17(15-7-4-3-6-14(15)12-21-18)11-16(13)19-20-8-5-9-22(19)2/h3-12H,1-2H3/q+1. The van der Waals surface area contributed by atoms with Gasteiger partial charge in [-0.25, -0.2) is 4.57 Å². The maximum atomic E-state index is 4.60. The molecule has 0 aliphatic heterocycles. The summed E-state index contributed by atoms with van der Waals surface area (Å²) in [5.74, 6) is 0.967. The molecule has 3 nitrogen and oxygen atoms in total. The van der Waals surface area contributed by atoms with Crippen LogP contribution in [0.4, 0.5) is 0 Å². The normalized spacial score (nSPS) is 11.2. The van der Waals surface area contributed by atoms with Gasteiger partial charge in [-0.2, -0.15) is 0 Å². The Labute approximate surface area is 128 Å². The van der Waals surface area contributed by atoms with Gasteiger partial charge in [0.05, 0.1) is 24.3 Å². The number of hydrogen-bond donors (Lipinski definition) is 0. The second-order valence-electron chi connectivity index (χ2n) is 5.58. The van der Waals surface area contributed by atoms with E-state index in [0.717, 1.165) is 22.3 Å². The molecular weight excluding hydrogens is 270 g/mol. The zero-order chi connectivity index (χ0) is 15.1. The summed E-state index contributed by atoms with van der Waals surface area (Å²) in [5.41, 5.74) is 3.36. The minimum atomic E-state index is 0.967. The molecule has 0 spiro atoms. The van der Waals surface area contributed by atoms with Crippen molar-refractivity contribution in [3.63, 3.8) is 0 Å². The van der Waals surface area contributed by atoms with Crippen LogP contribution in [0.25, 0.3) is 33.1 Å². The lowest BCUT2D eigenvalue weighted by atomic mass is 10.0. The lowest BCUT2D eigenvalue weighted by Gasteiger charge is -2.08. The van der Waals surface area contributed by atoms with Crippen molar-refractivity contribution in [2.75, 3.05) is 0 Å². The smallest absolute Gasteiger partial charge is 0.256 e. The molecule has 0 fully saturated rings. The highest BCUT2D eigenvalue weighted by Crippen LogP contribution is 2.29. The summed E-state index contributed by atoms with van der Waals surface area (Å²) < 4.78 is 2.05. The van der Waals surface area contributed by atoms with Crippen LogP contribution in [0.15, 0.2) is 61.1 Å². The number of hydrogen-bond acceptors (Lipinski definition) is 2. The first kappa shape index (κ1) is 12.9. The highest BCUT2D eigenvalue weighted by molar-refractivity contribution is 6.06. The fraction of sp³-hybridized carbons (Fsp3) is 0.105. The van der Waals surface area contributed by atoms with Crippen molar-refractivity contribution in [1.82, 2.24) is 9.97 Å². The Hall–Kier alpha value is -2.81. The first-order chi connectivity index (χ1) is 10.7. The molecule has 0 atom stereocenters. The van der Waals surface area contributed by atoms with Crippen LogP contribution in [0.3, 0.4) is 0 Å². The third kappa shape index (κ3) is 1.94. The molecule has 106 valence electrons. The van der Waals surface area contributed by atoms with E-state index in [9.17, 15) is 0 Å². The predicted octanol–water partition coefficient (Wildman–Crippen LogP) is 3.58. The Morgan fingerprint density at radius 2 is 1.82 bits per heavy atom. The monoisotopic (exact) mass is 286 g/mol. The molecule has 3 heteroatoms. The summed E-state index contributed by atoms with van der Waals surface area (Å²) in [5, 5.41) is 3.56. The molecule has 0 N–H and O–H groups in total. The summed E-state index contributed by atoms with van der Waals surface area (Å²) in [6, 6.07) is 14.7. The van der Waals surface area contributed by atoms with Crippen molar-refractivity contribution < 1.29 is 4.57 Å². The first-order valence-electron chi connectivity index (χ1n) is 7.33. The van der Waals surface area contributed by atoms with Crippen molar-refractivity contribution in [2.45, 2.75) is 6.92 Å². The molecule has 2 heterocycles. The zero-order valence-electron chi connectivity index (χ0n) is 12.6. The van der Waals surface area contributed by atoms with Crippen LogP contribution in [0.5, 0.6) is 0 Å². The van der Waals surface area contributed by atoms with Gasteiger partial charge in [-0.05, 0) is 35.0 Å². The first-order valence-corrected chi connectivity index (χ1v) is 7.33. The molecule has 2 aromatic heterocycles. The van der Waals surface area contributed by atoms with Crippen LogP contribution in [-0.4, -0.2) is 9.97 Å². The van der Waals surface area contributed by atoms with Gasteiger partial charge in [-0.3, -0.25) is 4.98 Å². The van der Waals surface area contributed by atoms with Gasteiger partial charge in [-0.1, -0.05) is 24.3 Å². The summed E-state index contributed by atoms with van der Waals surface area (Å²) in [6.07, 6.45) is 5.80. The van der Waals surface area contributed by atoms with Gasteiger partial charge in [0.1, 0.15) is 6.20 Å². The maximum absolute atomic E-state index is 4.60. The minimum absolute atomic E-state index is 0.967. The Morgan fingerprint density at radius 3 is 2.68 bits per heavy atom. The molecule has 4 aromatic rings. The Balaban J connectivity index is 2.10. The second kappa shape index (κ2) is 4.88. The van der Waals surface area contributed by atoms with E-state index in [1.807, 2.05) is 42.3 Å². The number of benzene rings is 2. The summed E-state index contributed by atoms with van der Waals surface area (Å²) in [6.45, 7) is 2.11. The predicted molar refractivity (Wildman–Crippen MR) is 88.4 cm³/mol. The van der Waals surface area contributed by atoms with Gasteiger partial charge in [0.25, 0.3) is 0 Å². The molecule has 2 aromatic carbocycles. The number of fused-ring (bicyclic) bond motifs is 3. The van der Waals surface area contributed by atoms with Gasteiger partial charge >= 0.3 is 5.82 Å². The number of nitrogens with zero attached hydrogens (tertiary/aromatic N) is 3. The molecule has 0 saturated heterocycles. The topological polar surface area (TPSA) is 29.7 Å². The second-order valence-corrected chi connectivity index (χ2v) is 5.58. The Kier molecular flexibility index (Phi) is 2.86. The lowest BCUT2D eigenvalue weighted by molar-refractivity contribution is -0.663. The summed E-state index contributed by atoms with van der Waals surface area (Å²) in [4.78, 5) is 9.14. The van der Waals surface area contributed by atoms with Crippen LogP contribution < -0.4 is 4.57 Å². The number of rotatable bonds is 1. The molecule has 0 aliphatic rings. The van der Waals surface area contributed by atoms with E-state index in [-0.39, 0.29) is 0 Å². The fourth-order valence-corrected chi connectivity index (χ4v) is 2.95. The average Bonchev–Trinajstić information content (AvgIpc) is 2.55. The van der Waals surface area contributed by atoms with Crippen molar-refractivity contribution in [1.29, 1.82) is 0 Å². The van der Waals surface area contributed by atoms with E-state index in [4.69, 9.17) is 0 Å². The molecular formula is C19H16N3+. The zero-order valence-corrected chi connectivity index (χ0v) is 12.6. The van der Waals surface area contributed by atoms with Gasteiger partial charge in [0.2, 0.25) is 0 Å². The molecule has 0 saturated carbocycles. The Bertz CT molecular complexity index is 1010. The molecule has 0 unspecified atom stereocenters. The molecule has 0 radical (unpaired) electrons. The Morgan fingerprint density at radius 1 is 0.955 bits per heavy atom. The van der Waals surface area contributed by atoms with Crippen LogP contribution in [0.1, 0.15) is 5.56 Å². The average molecular weight is 286 g/mol. The minimum Gasteiger partial charge on any atom is -0.256 e. The molecule has 0 bridgehead atoms. The third-order valence-corrected chi connectivity index (χ3v) is 4.10. The van der Waals surface area contributed by atoms with Crippen LogP contribution in [-0.2, 0) is 7.05 Å². The number of pyridine rings is 1. The number of aryl methyl sites for hydroxylation is 2.